The highest BCUT2D eigenvalue weighted by atomic mass is 16.2. The van der Waals surface area contributed by atoms with Crippen LogP contribution in [0.3, 0.4) is 0 Å². The summed E-state index contributed by atoms with van der Waals surface area (Å²) in [4.78, 5) is 31.5. The van der Waals surface area contributed by atoms with Crippen LogP contribution in [0.15, 0.2) is 36.5 Å². The summed E-state index contributed by atoms with van der Waals surface area (Å²) in [6, 6.07) is 9.99. The number of fused-ring (bicyclic) bond motifs is 1. The molecule has 5 heteroatoms. The molecular weight excluding hydrogens is 326 g/mol. The summed E-state index contributed by atoms with van der Waals surface area (Å²) in [5, 5.41) is 4.20. The number of anilines is 1. The number of carbonyl (C=O) groups excluding carboxylic acids is 2. The number of benzene rings is 1. The van der Waals surface area contributed by atoms with E-state index in [-0.39, 0.29) is 30.2 Å². The Morgan fingerprint density at radius 2 is 1.85 bits per heavy atom. The molecule has 0 spiro atoms. The maximum Gasteiger partial charge on any atom is 0.227 e. The fourth-order valence-corrected chi connectivity index (χ4v) is 4.16. The number of hydrogen-bond acceptors (Lipinski definition) is 3. The monoisotopic (exact) mass is 351 g/mol. The second-order valence-electron chi connectivity index (χ2n) is 7.45. The summed E-state index contributed by atoms with van der Waals surface area (Å²) in [6.45, 7) is 0.438. The standard InChI is InChI=1S/C21H25N3O2/c25-19-13-16(21(26)23-17-9-3-1-2-4-10-17)14-24(19)18-11-5-7-15-8-6-12-22-20(15)18/h5-8,11-12,16-17H,1-4,9-10,13-14H2,(H,23,26). The zero-order valence-corrected chi connectivity index (χ0v) is 15.0. The molecule has 2 aliphatic rings. The van der Waals surface area contributed by atoms with Crippen LogP contribution in [0.2, 0.25) is 0 Å². The number of hydrogen-bond donors (Lipinski definition) is 1. The number of rotatable bonds is 3. The predicted molar refractivity (Wildman–Crippen MR) is 102 cm³/mol. The zero-order valence-electron chi connectivity index (χ0n) is 15.0. The number of nitrogens with zero attached hydrogens (tertiary/aromatic N) is 2. The first-order valence-electron chi connectivity index (χ1n) is 9.67. The van der Waals surface area contributed by atoms with Crippen molar-refractivity contribution in [2.75, 3.05) is 11.4 Å². The van der Waals surface area contributed by atoms with Gasteiger partial charge >= 0.3 is 0 Å². The molecule has 1 N–H and O–H groups in total. The van der Waals surface area contributed by atoms with E-state index < -0.39 is 0 Å². The summed E-state index contributed by atoms with van der Waals surface area (Å²) in [5.41, 5.74) is 1.62. The average Bonchev–Trinajstić information content (AvgIpc) is 2.87. The van der Waals surface area contributed by atoms with Crippen LogP contribution in [0.5, 0.6) is 0 Å². The van der Waals surface area contributed by atoms with Gasteiger partial charge < -0.3 is 10.2 Å². The molecule has 1 saturated carbocycles. The number of pyridine rings is 1. The van der Waals surface area contributed by atoms with Crippen LogP contribution in [0.25, 0.3) is 10.9 Å². The highest BCUT2D eigenvalue weighted by Crippen LogP contribution is 2.30. The molecule has 2 aromatic rings. The Balaban J connectivity index is 1.48. The Labute approximate surface area is 153 Å². The largest absolute Gasteiger partial charge is 0.353 e. The van der Waals surface area contributed by atoms with Crippen molar-refractivity contribution in [3.05, 3.63) is 36.5 Å². The smallest absolute Gasteiger partial charge is 0.227 e. The third-order valence-electron chi connectivity index (χ3n) is 5.60. The normalized spacial score (nSPS) is 21.8. The predicted octanol–water partition coefficient (Wildman–Crippen LogP) is 3.43. The number of nitrogens with one attached hydrogen (secondary N) is 1. The molecule has 136 valence electrons. The van der Waals surface area contributed by atoms with Crippen molar-refractivity contribution in [1.82, 2.24) is 10.3 Å². The van der Waals surface area contributed by atoms with Crippen molar-refractivity contribution in [2.24, 2.45) is 5.92 Å². The van der Waals surface area contributed by atoms with Crippen LogP contribution in [-0.2, 0) is 9.59 Å². The van der Waals surface area contributed by atoms with Gasteiger partial charge in [0.1, 0.15) is 0 Å². The van der Waals surface area contributed by atoms with Crippen LogP contribution < -0.4 is 10.2 Å². The van der Waals surface area contributed by atoms with E-state index in [0.29, 0.717) is 6.54 Å². The molecule has 1 aliphatic carbocycles. The van der Waals surface area contributed by atoms with Crippen LogP contribution >= 0.6 is 0 Å². The highest BCUT2D eigenvalue weighted by Gasteiger charge is 2.36. The molecule has 1 aromatic carbocycles. The van der Waals surface area contributed by atoms with Gasteiger partial charge in [0.25, 0.3) is 0 Å². The van der Waals surface area contributed by atoms with Crippen LogP contribution in [0.4, 0.5) is 5.69 Å². The van der Waals surface area contributed by atoms with E-state index in [1.54, 1.807) is 11.1 Å². The van der Waals surface area contributed by atoms with Gasteiger partial charge in [-0.1, -0.05) is 43.9 Å². The second-order valence-corrected chi connectivity index (χ2v) is 7.45. The molecule has 2 heterocycles. The van der Waals surface area contributed by atoms with Gasteiger partial charge in [-0.3, -0.25) is 14.6 Å². The van der Waals surface area contributed by atoms with Gasteiger partial charge in [-0.15, -0.1) is 0 Å². The molecule has 4 rings (SSSR count). The van der Waals surface area contributed by atoms with Gasteiger partial charge in [-0.2, -0.15) is 0 Å². The van der Waals surface area contributed by atoms with Gasteiger partial charge in [-0.25, -0.2) is 0 Å². The van der Waals surface area contributed by atoms with Gasteiger partial charge in [0.15, 0.2) is 0 Å². The molecule has 2 amide bonds. The van der Waals surface area contributed by atoms with Gasteiger partial charge in [0.05, 0.1) is 17.1 Å². The molecule has 1 aliphatic heterocycles. The molecule has 1 saturated heterocycles. The number of carbonyl (C=O) groups is 2. The minimum atomic E-state index is -0.273. The van der Waals surface area contributed by atoms with E-state index in [9.17, 15) is 9.59 Å². The molecular formula is C21H25N3O2. The number of aromatic nitrogens is 1. The molecule has 0 radical (unpaired) electrons. The molecule has 5 nitrogen and oxygen atoms in total. The van der Waals surface area contributed by atoms with E-state index in [4.69, 9.17) is 0 Å². The molecule has 1 unspecified atom stereocenters. The van der Waals surface area contributed by atoms with E-state index in [1.165, 1.54) is 25.7 Å². The van der Waals surface area contributed by atoms with Crippen molar-refractivity contribution in [2.45, 2.75) is 51.0 Å². The third kappa shape index (κ3) is 3.43. The fraction of sp³-hybridized carbons (Fsp3) is 0.476. The van der Waals surface area contributed by atoms with Crippen molar-refractivity contribution in [3.63, 3.8) is 0 Å². The summed E-state index contributed by atoms with van der Waals surface area (Å²) < 4.78 is 0. The first-order valence-corrected chi connectivity index (χ1v) is 9.67. The Morgan fingerprint density at radius 3 is 2.65 bits per heavy atom. The van der Waals surface area contributed by atoms with E-state index in [2.05, 4.69) is 10.3 Å². The lowest BCUT2D eigenvalue weighted by Crippen LogP contribution is -2.39. The average molecular weight is 351 g/mol. The Kier molecular flexibility index (Phi) is 4.87. The van der Waals surface area contributed by atoms with Crippen molar-refractivity contribution < 1.29 is 9.59 Å². The molecule has 2 fully saturated rings. The summed E-state index contributed by atoms with van der Waals surface area (Å²) >= 11 is 0. The fourth-order valence-electron chi connectivity index (χ4n) is 4.16. The molecule has 0 bridgehead atoms. The molecule has 1 atom stereocenters. The second kappa shape index (κ2) is 7.44. The molecule has 1 aromatic heterocycles. The first-order chi connectivity index (χ1) is 12.7. The Morgan fingerprint density at radius 1 is 1.08 bits per heavy atom. The lowest BCUT2D eigenvalue weighted by Gasteiger charge is -2.20. The van der Waals surface area contributed by atoms with E-state index in [0.717, 1.165) is 29.4 Å². The Hall–Kier alpha value is -2.43. The zero-order chi connectivity index (χ0) is 17.9. The maximum atomic E-state index is 12.7. The Bertz CT molecular complexity index is 807. The lowest BCUT2D eigenvalue weighted by molar-refractivity contribution is -0.127. The van der Waals surface area contributed by atoms with Gasteiger partial charge in [0.2, 0.25) is 11.8 Å². The van der Waals surface area contributed by atoms with Gasteiger partial charge in [-0.05, 0) is 25.0 Å². The van der Waals surface area contributed by atoms with Crippen LogP contribution in [0.1, 0.15) is 44.9 Å². The quantitative estimate of drug-likeness (QED) is 0.862. The molecule has 26 heavy (non-hydrogen) atoms. The third-order valence-corrected chi connectivity index (χ3v) is 5.60. The van der Waals surface area contributed by atoms with E-state index in [1.807, 2.05) is 30.3 Å². The summed E-state index contributed by atoms with van der Waals surface area (Å²) in [5.74, 6) is -0.241. The van der Waals surface area contributed by atoms with Crippen LogP contribution in [0, 0.1) is 5.92 Å². The summed E-state index contributed by atoms with van der Waals surface area (Å²) in [6.07, 6.45) is 9.02. The highest BCUT2D eigenvalue weighted by molar-refractivity contribution is 6.05. The minimum Gasteiger partial charge on any atom is -0.353 e. The summed E-state index contributed by atoms with van der Waals surface area (Å²) in [7, 11) is 0. The van der Waals surface area contributed by atoms with Crippen molar-refractivity contribution in [1.29, 1.82) is 0 Å². The van der Waals surface area contributed by atoms with Crippen LogP contribution in [-0.4, -0.2) is 29.4 Å². The number of amides is 2. The SMILES string of the molecule is O=C(NC1CCCCCC1)C1CC(=O)N(c2cccc3cccnc23)C1. The topological polar surface area (TPSA) is 62.3 Å². The maximum absolute atomic E-state index is 12.7. The van der Waals surface area contributed by atoms with E-state index >= 15 is 0 Å². The van der Waals surface area contributed by atoms with Gasteiger partial charge in [0, 0.05) is 30.6 Å². The minimum absolute atomic E-state index is 0.00386. The van der Waals surface area contributed by atoms with Crippen molar-refractivity contribution >= 4 is 28.4 Å². The lowest BCUT2D eigenvalue weighted by atomic mass is 10.0. The number of para-hydroxylation sites is 1. The first kappa shape index (κ1) is 17.0. The van der Waals surface area contributed by atoms with Crippen molar-refractivity contribution in [3.8, 4) is 0 Å².